The van der Waals surface area contributed by atoms with E-state index in [0.29, 0.717) is 6.42 Å². The number of amides is 1. The van der Waals surface area contributed by atoms with Crippen LogP contribution in [0.25, 0.3) is 0 Å². The largest absolute Gasteiger partial charge is 0.416 e. The maximum atomic E-state index is 12.8. The highest BCUT2D eigenvalue weighted by Gasteiger charge is 2.31. The van der Waals surface area contributed by atoms with Gasteiger partial charge in [-0.1, -0.05) is 32.0 Å². The fourth-order valence-electron chi connectivity index (χ4n) is 2.23. The first-order valence-corrected chi connectivity index (χ1v) is 9.18. The number of nitrogens with one attached hydrogen (secondary N) is 2. The van der Waals surface area contributed by atoms with Gasteiger partial charge in [-0.15, -0.1) is 0 Å². The maximum Gasteiger partial charge on any atom is 0.416 e. The summed E-state index contributed by atoms with van der Waals surface area (Å²) < 4.78 is 63.6. The van der Waals surface area contributed by atoms with E-state index in [1.54, 1.807) is 13.8 Å². The number of carbonyl (C=O) groups excluding carboxylic acids is 1. The van der Waals surface area contributed by atoms with Crippen molar-refractivity contribution < 1.29 is 26.4 Å². The van der Waals surface area contributed by atoms with Gasteiger partial charge in [-0.25, -0.2) is 13.1 Å². The van der Waals surface area contributed by atoms with Gasteiger partial charge in [0, 0.05) is 13.1 Å². The van der Waals surface area contributed by atoms with Crippen LogP contribution in [0.2, 0.25) is 0 Å². The zero-order valence-corrected chi connectivity index (χ0v) is 14.3. The third-order valence-electron chi connectivity index (χ3n) is 3.38. The number of carbonyl (C=O) groups is 1. The molecule has 0 saturated heterocycles. The van der Waals surface area contributed by atoms with Gasteiger partial charge in [0.05, 0.1) is 17.2 Å². The molecule has 0 unspecified atom stereocenters. The van der Waals surface area contributed by atoms with Crippen LogP contribution in [0.5, 0.6) is 0 Å². The molecule has 24 heavy (non-hydrogen) atoms. The van der Waals surface area contributed by atoms with Gasteiger partial charge in [0.1, 0.15) is 0 Å². The first-order valence-electron chi connectivity index (χ1n) is 7.53. The first-order chi connectivity index (χ1) is 11.1. The highest BCUT2D eigenvalue weighted by molar-refractivity contribution is 7.89. The standard InChI is InChI=1S/C15H21F3N2O3S/c1-3-13(11-6-5-7-12(10-11)15(16,17)18)14(21)19-8-9-24(22,23)20-4-2/h5-7,10,13,20H,3-4,8-9H2,1-2H3,(H,19,21)/t13-/m0/s1. The molecule has 0 radical (unpaired) electrons. The Morgan fingerprint density at radius 3 is 2.46 bits per heavy atom. The van der Waals surface area contributed by atoms with Crippen LogP contribution in [0.3, 0.4) is 0 Å². The second-order valence-corrected chi connectivity index (χ2v) is 7.12. The number of alkyl halides is 3. The van der Waals surface area contributed by atoms with Crippen LogP contribution in [0.15, 0.2) is 24.3 Å². The molecule has 136 valence electrons. The Labute approximate surface area is 139 Å². The van der Waals surface area contributed by atoms with E-state index < -0.39 is 33.6 Å². The van der Waals surface area contributed by atoms with Crippen molar-refractivity contribution in [1.82, 2.24) is 10.0 Å². The SMILES string of the molecule is CCNS(=O)(=O)CCNC(=O)[C@@H](CC)c1cccc(C(F)(F)F)c1. The van der Waals surface area contributed by atoms with Crippen LogP contribution in [-0.2, 0) is 21.0 Å². The Kier molecular flexibility index (Phi) is 7.22. The molecule has 0 aliphatic carbocycles. The van der Waals surface area contributed by atoms with E-state index in [2.05, 4.69) is 10.0 Å². The second-order valence-electron chi connectivity index (χ2n) is 5.19. The van der Waals surface area contributed by atoms with E-state index in [-0.39, 0.29) is 24.4 Å². The number of rotatable bonds is 8. The smallest absolute Gasteiger partial charge is 0.354 e. The predicted octanol–water partition coefficient (Wildman–Crippen LogP) is 2.25. The number of hydrogen-bond donors (Lipinski definition) is 2. The van der Waals surface area contributed by atoms with Crippen LogP contribution in [0.1, 0.15) is 37.3 Å². The molecule has 0 fully saturated rings. The second kappa shape index (κ2) is 8.48. The third kappa shape index (κ3) is 6.12. The fraction of sp³-hybridized carbons (Fsp3) is 0.533. The molecule has 1 atom stereocenters. The summed E-state index contributed by atoms with van der Waals surface area (Å²) >= 11 is 0. The molecule has 1 rings (SSSR count). The molecule has 1 amide bonds. The fourth-order valence-corrected chi connectivity index (χ4v) is 3.18. The number of halogens is 3. The zero-order valence-electron chi connectivity index (χ0n) is 13.5. The Bertz CT molecular complexity index is 660. The molecule has 5 nitrogen and oxygen atoms in total. The van der Waals surface area contributed by atoms with Gasteiger partial charge in [-0.3, -0.25) is 4.79 Å². The lowest BCUT2D eigenvalue weighted by Crippen LogP contribution is -2.36. The van der Waals surface area contributed by atoms with Crippen LogP contribution < -0.4 is 10.0 Å². The Morgan fingerprint density at radius 2 is 1.92 bits per heavy atom. The minimum atomic E-state index is -4.48. The van der Waals surface area contributed by atoms with Gasteiger partial charge < -0.3 is 5.32 Å². The van der Waals surface area contributed by atoms with Crippen LogP contribution >= 0.6 is 0 Å². The van der Waals surface area contributed by atoms with Crippen molar-refractivity contribution in [2.45, 2.75) is 32.4 Å². The van der Waals surface area contributed by atoms with Crippen molar-refractivity contribution >= 4 is 15.9 Å². The van der Waals surface area contributed by atoms with Crippen molar-refractivity contribution in [2.24, 2.45) is 0 Å². The maximum absolute atomic E-state index is 12.8. The molecule has 0 aromatic heterocycles. The van der Waals surface area contributed by atoms with Gasteiger partial charge in [-0.2, -0.15) is 13.2 Å². The first kappa shape index (κ1) is 20.4. The molecular formula is C15H21F3N2O3S. The lowest BCUT2D eigenvalue weighted by molar-refractivity contribution is -0.137. The van der Waals surface area contributed by atoms with Crippen LogP contribution in [0, 0.1) is 0 Å². The van der Waals surface area contributed by atoms with Gasteiger partial charge in [-0.05, 0) is 18.1 Å². The van der Waals surface area contributed by atoms with Crippen molar-refractivity contribution in [3.63, 3.8) is 0 Å². The molecule has 1 aromatic carbocycles. The molecule has 0 saturated carbocycles. The van der Waals surface area contributed by atoms with E-state index in [0.717, 1.165) is 12.1 Å². The van der Waals surface area contributed by atoms with Crippen molar-refractivity contribution in [3.05, 3.63) is 35.4 Å². The van der Waals surface area contributed by atoms with E-state index in [1.807, 2.05) is 0 Å². The summed E-state index contributed by atoms with van der Waals surface area (Å²) in [5.74, 6) is -1.55. The molecule has 0 bridgehead atoms. The summed E-state index contributed by atoms with van der Waals surface area (Å²) in [6, 6.07) is 4.60. The highest BCUT2D eigenvalue weighted by atomic mass is 32.2. The predicted molar refractivity (Wildman–Crippen MR) is 84.9 cm³/mol. The Balaban J connectivity index is 2.78. The summed E-state index contributed by atoms with van der Waals surface area (Å²) in [5.41, 5.74) is -0.569. The Morgan fingerprint density at radius 1 is 1.25 bits per heavy atom. The number of hydrogen-bond acceptors (Lipinski definition) is 3. The average molecular weight is 366 g/mol. The zero-order chi connectivity index (χ0) is 18.4. The van der Waals surface area contributed by atoms with E-state index in [4.69, 9.17) is 0 Å². The summed E-state index contributed by atoms with van der Waals surface area (Å²) in [4.78, 5) is 12.2. The molecule has 0 spiro atoms. The monoisotopic (exact) mass is 366 g/mol. The molecule has 0 aliphatic heterocycles. The van der Waals surface area contributed by atoms with Crippen molar-refractivity contribution in [1.29, 1.82) is 0 Å². The molecule has 2 N–H and O–H groups in total. The van der Waals surface area contributed by atoms with Crippen LogP contribution in [-0.4, -0.2) is 33.2 Å². The summed E-state index contributed by atoms with van der Waals surface area (Å²) in [7, 11) is -3.46. The van der Waals surface area contributed by atoms with Gasteiger partial charge in [0.15, 0.2) is 0 Å². The highest BCUT2D eigenvalue weighted by Crippen LogP contribution is 2.31. The van der Waals surface area contributed by atoms with Crippen molar-refractivity contribution in [2.75, 3.05) is 18.8 Å². The van der Waals surface area contributed by atoms with Crippen molar-refractivity contribution in [3.8, 4) is 0 Å². The van der Waals surface area contributed by atoms with Gasteiger partial charge in [0.2, 0.25) is 15.9 Å². The Hall–Kier alpha value is -1.61. The molecule has 9 heteroatoms. The number of benzene rings is 1. The van der Waals surface area contributed by atoms with Gasteiger partial charge in [0.25, 0.3) is 0 Å². The van der Waals surface area contributed by atoms with E-state index in [9.17, 15) is 26.4 Å². The minimum absolute atomic E-state index is 0.108. The van der Waals surface area contributed by atoms with Crippen LogP contribution in [0.4, 0.5) is 13.2 Å². The van der Waals surface area contributed by atoms with E-state index in [1.165, 1.54) is 12.1 Å². The summed E-state index contributed by atoms with van der Waals surface area (Å²) in [6.45, 7) is 3.46. The molecule has 1 aromatic rings. The summed E-state index contributed by atoms with van der Waals surface area (Å²) in [6.07, 6.45) is -4.18. The number of sulfonamides is 1. The molecule has 0 aliphatic rings. The molecule has 0 heterocycles. The normalized spacial score (nSPS) is 13.5. The topological polar surface area (TPSA) is 75.3 Å². The lowest BCUT2D eigenvalue weighted by Gasteiger charge is -2.17. The average Bonchev–Trinajstić information content (AvgIpc) is 2.47. The third-order valence-corrected chi connectivity index (χ3v) is 4.85. The molecular weight excluding hydrogens is 345 g/mol. The summed E-state index contributed by atoms with van der Waals surface area (Å²) in [5, 5.41) is 2.47. The quantitative estimate of drug-likeness (QED) is 0.741. The van der Waals surface area contributed by atoms with E-state index >= 15 is 0 Å². The minimum Gasteiger partial charge on any atom is -0.354 e. The lowest BCUT2D eigenvalue weighted by atomic mass is 9.94. The van der Waals surface area contributed by atoms with Gasteiger partial charge >= 0.3 is 6.18 Å².